The molecule has 0 saturated heterocycles. The summed E-state index contributed by atoms with van der Waals surface area (Å²) in [6.45, 7) is 3.33. The van der Waals surface area contributed by atoms with Gasteiger partial charge in [-0.3, -0.25) is 9.78 Å². The zero-order valence-electron chi connectivity index (χ0n) is 10.7. The Hall–Kier alpha value is -2.10. The van der Waals surface area contributed by atoms with E-state index in [9.17, 15) is 13.6 Å². The van der Waals surface area contributed by atoms with E-state index in [1.165, 1.54) is 13.0 Å². The average Bonchev–Trinajstić information content (AvgIpc) is 2.36. The van der Waals surface area contributed by atoms with Gasteiger partial charge in [-0.1, -0.05) is 6.07 Å². The zero-order chi connectivity index (χ0) is 14.0. The van der Waals surface area contributed by atoms with Crippen molar-refractivity contribution in [1.29, 1.82) is 0 Å². The lowest BCUT2D eigenvalue weighted by molar-refractivity contribution is 0.0987. The van der Waals surface area contributed by atoms with Crippen molar-refractivity contribution >= 4 is 5.78 Å². The molecule has 0 aliphatic heterocycles. The average molecular weight is 261 g/mol. The van der Waals surface area contributed by atoms with Gasteiger partial charge >= 0.3 is 0 Å². The van der Waals surface area contributed by atoms with Crippen molar-refractivity contribution in [3.05, 3.63) is 64.5 Å². The number of rotatable bonds is 3. The maximum Gasteiger partial charge on any atom is 0.171 e. The summed E-state index contributed by atoms with van der Waals surface area (Å²) in [5, 5.41) is 0. The van der Waals surface area contributed by atoms with Crippen LogP contribution in [-0.4, -0.2) is 10.8 Å². The minimum Gasteiger partial charge on any atom is -0.294 e. The summed E-state index contributed by atoms with van der Waals surface area (Å²) in [4.78, 5) is 16.1. The number of Topliss-reactive ketones (excluding diaryl/α,β-unsaturated/α-hetero) is 1. The molecule has 2 nitrogen and oxygen atoms in total. The van der Waals surface area contributed by atoms with E-state index in [0.717, 1.165) is 11.6 Å². The third kappa shape index (κ3) is 2.84. The highest BCUT2D eigenvalue weighted by atomic mass is 19.1. The molecule has 2 aromatic rings. The van der Waals surface area contributed by atoms with Gasteiger partial charge in [0.1, 0.15) is 11.6 Å². The van der Waals surface area contributed by atoms with E-state index in [1.807, 2.05) is 13.0 Å². The number of nitrogens with zero attached hydrogens (tertiary/aromatic N) is 1. The zero-order valence-corrected chi connectivity index (χ0v) is 10.7. The normalized spacial score (nSPS) is 10.5. The van der Waals surface area contributed by atoms with Crippen molar-refractivity contribution in [2.45, 2.75) is 20.3 Å². The van der Waals surface area contributed by atoms with Crippen LogP contribution in [0.1, 0.15) is 27.2 Å². The van der Waals surface area contributed by atoms with Gasteiger partial charge in [0.15, 0.2) is 5.78 Å². The van der Waals surface area contributed by atoms with Gasteiger partial charge in [-0.2, -0.15) is 0 Å². The Bertz CT molecular complexity index is 638. The molecule has 0 unspecified atom stereocenters. The van der Waals surface area contributed by atoms with Crippen LogP contribution in [-0.2, 0) is 6.42 Å². The van der Waals surface area contributed by atoms with Crippen LogP contribution in [0.3, 0.4) is 0 Å². The summed E-state index contributed by atoms with van der Waals surface area (Å²) in [6, 6.07) is 5.59. The van der Waals surface area contributed by atoms with Crippen LogP contribution in [0.2, 0.25) is 0 Å². The minimum absolute atomic E-state index is 0.00860. The van der Waals surface area contributed by atoms with E-state index in [4.69, 9.17) is 0 Å². The molecule has 0 amide bonds. The van der Waals surface area contributed by atoms with Gasteiger partial charge in [-0.05, 0) is 37.1 Å². The van der Waals surface area contributed by atoms with E-state index >= 15 is 0 Å². The van der Waals surface area contributed by atoms with E-state index in [-0.39, 0.29) is 17.5 Å². The molecule has 0 bridgehead atoms. The Morgan fingerprint density at radius 3 is 2.58 bits per heavy atom. The molecule has 0 aliphatic carbocycles. The van der Waals surface area contributed by atoms with Gasteiger partial charge in [-0.25, -0.2) is 8.78 Å². The van der Waals surface area contributed by atoms with Crippen LogP contribution in [0.4, 0.5) is 8.78 Å². The largest absolute Gasteiger partial charge is 0.294 e. The monoisotopic (exact) mass is 261 g/mol. The molecule has 19 heavy (non-hydrogen) atoms. The highest BCUT2D eigenvalue weighted by molar-refractivity contribution is 5.97. The number of aromatic nitrogens is 1. The van der Waals surface area contributed by atoms with E-state index in [1.54, 1.807) is 12.3 Å². The van der Waals surface area contributed by atoms with E-state index < -0.39 is 17.4 Å². The second kappa shape index (κ2) is 5.26. The van der Waals surface area contributed by atoms with Crippen molar-refractivity contribution in [3.63, 3.8) is 0 Å². The van der Waals surface area contributed by atoms with Crippen LogP contribution in [0.5, 0.6) is 0 Å². The summed E-state index contributed by atoms with van der Waals surface area (Å²) < 4.78 is 26.8. The molecule has 0 radical (unpaired) electrons. The quantitative estimate of drug-likeness (QED) is 0.792. The fourth-order valence-corrected chi connectivity index (χ4v) is 1.82. The van der Waals surface area contributed by atoms with Crippen molar-refractivity contribution in [2.75, 3.05) is 0 Å². The number of hydrogen-bond acceptors (Lipinski definition) is 2. The van der Waals surface area contributed by atoms with Crippen molar-refractivity contribution in [1.82, 2.24) is 4.98 Å². The first-order chi connectivity index (χ1) is 8.99. The van der Waals surface area contributed by atoms with Crippen molar-refractivity contribution in [2.24, 2.45) is 0 Å². The molecule has 0 atom stereocenters. The third-order valence-electron chi connectivity index (χ3n) is 2.99. The van der Waals surface area contributed by atoms with Crippen LogP contribution in [0.25, 0.3) is 0 Å². The minimum atomic E-state index is -0.832. The number of carbonyl (C=O) groups excluding carboxylic acids is 1. The molecule has 0 fully saturated rings. The summed E-state index contributed by atoms with van der Waals surface area (Å²) in [7, 11) is 0. The van der Waals surface area contributed by atoms with Crippen LogP contribution < -0.4 is 0 Å². The molecule has 0 spiro atoms. The summed E-state index contributed by atoms with van der Waals surface area (Å²) >= 11 is 0. The Morgan fingerprint density at radius 2 is 1.89 bits per heavy atom. The van der Waals surface area contributed by atoms with Crippen molar-refractivity contribution < 1.29 is 13.6 Å². The summed E-state index contributed by atoms with van der Waals surface area (Å²) in [5.41, 5.74) is 1.63. The maximum atomic E-state index is 13.6. The first-order valence-electron chi connectivity index (χ1n) is 5.88. The number of carbonyl (C=O) groups is 1. The first-order valence-corrected chi connectivity index (χ1v) is 5.88. The predicted molar refractivity (Wildman–Crippen MR) is 68.1 cm³/mol. The van der Waals surface area contributed by atoms with Gasteiger partial charge in [-0.15, -0.1) is 0 Å². The number of pyridine rings is 1. The lowest BCUT2D eigenvalue weighted by Crippen LogP contribution is -2.09. The van der Waals surface area contributed by atoms with E-state index in [2.05, 4.69) is 4.98 Å². The molecule has 1 aromatic carbocycles. The Morgan fingerprint density at radius 1 is 1.16 bits per heavy atom. The summed E-state index contributed by atoms with van der Waals surface area (Å²) in [5.74, 6) is -1.88. The second-order valence-corrected chi connectivity index (χ2v) is 4.45. The fraction of sp³-hybridized carbons (Fsp3) is 0.200. The third-order valence-corrected chi connectivity index (χ3v) is 2.99. The number of benzene rings is 1. The fourth-order valence-electron chi connectivity index (χ4n) is 1.82. The molecule has 0 aliphatic rings. The highest BCUT2D eigenvalue weighted by Gasteiger charge is 2.16. The molecule has 1 aromatic heterocycles. The highest BCUT2D eigenvalue weighted by Crippen LogP contribution is 2.17. The molecule has 0 N–H and O–H groups in total. The molecular formula is C15H13F2NO. The smallest absolute Gasteiger partial charge is 0.171 e. The molecular weight excluding hydrogens is 248 g/mol. The molecule has 2 rings (SSSR count). The summed E-state index contributed by atoms with van der Waals surface area (Å²) in [6.07, 6.45) is 1.59. The van der Waals surface area contributed by atoms with Gasteiger partial charge in [0.25, 0.3) is 0 Å². The van der Waals surface area contributed by atoms with Gasteiger partial charge in [0.05, 0.1) is 17.7 Å². The molecule has 1 heterocycles. The lowest BCUT2D eigenvalue weighted by Gasteiger charge is -2.06. The van der Waals surface area contributed by atoms with Crippen LogP contribution in [0, 0.1) is 25.5 Å². The van der Waals surface area contributed by atoms with E-state index in [0.29, 0.717) is 5.69 Å². The van der Waals surface area contributed by atoms with Gasteiger partial charge in [0.2, 0.25) is 0 Å². The Labute approximate surface area is 110 Å². The molecule has 4 heteroatoms. The number of ketones is 1. The van der Waals surface area contributed by atoms with Crippen molar-refractivity contribution in [3.8, 4) is 0 Å². The first kappa shape index (κ1) is 13.3. The SMILES string of the molecule is Cc1cc(C(=O)Cc2ncccc2C)c(F)cc1F. The topological polar surface area (TPSA) is 30.0 Å². The standard InChI is InChI=1S/C15H13F2NO/c1-9-4-3-5-18-14(9)8-15(19)11-6-10(2)12(16)7-13(11)17/h3-7H,8H2,1-2H3. The lowest BCUT2D eigenvalue weighted by atomic mass is 10.0. The van der Waals surface area contributed by atoms with Gasteiger partial charge in [0, 0.05) is 12.3 Å². The second-order valence-electron chi connectivity index (χ2n) is 4.45. The molecule has 0 saturated carbocycles. The number of hydrogen-bond donors (Lipinski definition) is 0. The Balaban J connectivity index is 2.31. The van der Waals surface area contributed by atoms with Gasteiger partial charge < -0.3 is 0 Å². The number of aryl methyl sites for hydroxylation is 2. The maximum absolute atomic E-state index is 13.6. The Kier molecular flexibility index (Phi) is 3.69. The van der Waals surface area contributed by atoms with Crippen LogP contribution >= 0.6 is 0 Å². The predicted octanol–water partition coefficient (Wildman–Crippen LogP) is 3.40. The number of halogens is 2. The molecule has 98 valence electrons. The van der Waals surface area contributed by atoms with Crippen LogP contribution in [0.15, 0.2) is 30.5 Å².